The summed E-state index contributed by atoms with van der Waals surface area (Å²) in [7, 11) is 1.85. The summed E-state index contributed by atoms with van der Waals surface area (Å²) in [5.74, 6) is 0.831. The number of carbonyl (C=O) groups is 1. The lowest BCUT2D eigenvalue weighted by atomic mass is 10.2. The highest BCUT2D eigenvalue weighted by molar-refractivity contribution is 14.0. The maximum absolute atomic E-state index is 12.7. The van der Waals surface area contributed by atoms with Crippen LogP contribution in [0.1, 0.15) is 12.6 Å². The number of aryl methyl sites for hydroxylation is 1. The highest BCUT2D eigenvalue weighted by Crippen LogP contribution is 2.23. The van der Waals surface area contributed by atoms with Crippen LogP contribution >= 0.6 is 35.3 Å². The number of thiazole rings is 1. The SMILES string of the molecule is CCNC(=NCCc1csc(-c2ccccc2)n1)N1CCN(c2cnn(C)c2)C(=O)C1.I. The fourth-order valence-electron chi connectivity index (χ4n) is 3.51. The van der Waals surface area contributed by atoms with Crippen molar-refractivity contribution in [2.24, 2.45) is 12.0 Å². The lowest BCUT2D eigenvalue weighted by Crippen LogP contribution is -2.55. The molecule has 0 spiro atoms. The third-order valence-electron chi connectivity index (χ3n) is 5.06. The summed E-state index contributed by atoms with van der Waals surface area (Å²) in [6, 6.07) is 10.2. The van der Waals surface area contributed by atoms with E-state index >= 15 is 0 Å². The lowest BCUT2D eigenvalue weighted by molar-refractivity contribution is -0.120. The molecule has 3 aromatic rings. The van der Waals surface area contributed by atoms with Crippen molar-refractivity contribution in [2.75, 3.05) is 37.6 Å². The molecule has 1 amide bonds. The standard InChI is InChI=1S/C22H27N7OS.HI/c1-3-23-22(28-11-12-29(20(30)15-28)19-13-25-27(2)14-19)24-10-9-18-16-31-21(26-18)17-7-5-4-6-8-17;/h4-8,13-14,16H,3,9-12,15H2,1-2H3,(H,23,24);1H. The highest BCUT2D eigenvalue weighted by Gasteiger charge is 2.27. The number of nitrogens with zero attached hydrogens (tertiary/aromatic N) is 6. The first-order valence-electron chi connectivity index (χ1n) is 10.5. The summed E-state index contributed by atoms with van der Waals surface area (Å²) in [5.41, 5.74) is 3.02. The van der Waals surface area contributed by atoms with Crippen LogP contribution in [0.2, 0.25) is 0 Å². The predicted molar refractivity (Wildman–Crippen MR) is 140 cm³/mol. The van der Waals surface area contributed by atoms with Gasteiger partial charge in [0, 0.05) is 56.8 Å². The van der Waals surface area contributed by atoms with E-state index in [0.29, 0.717) is 19.6 Å². The van der Waals surface area contributed by atoms with Gasteiger partial charge in [-0.25, -0.2) is 4.98 Å². The number of benzene rings is 1. The molecule has 1 aromatic carbocycles. The maximum atomic E-state index is 12.7. The predicted octanol–water partition coefficient (Wildman–Crippen LogP) is 3.02. The van der Waals surface area contributed by atoms with Crippen molar-refractivity contribution in [3.8, 4) is 10.6 Å². The van der Waals surface area contributed by atoms with Gasteiger partial charge in [-0.1, -0.05) is 30.3 Å². The van der Waals surface area contributed by atoms with Crippen LogP contribution < -0.4 is 10.2 Å². The van der Waals surface area contributed by atoms with Crippen LogP contribution in [0.25, 0.3) is 10.6 Å². The molecule has 170 valence electrons. The highest BCUT2D eigenvalue weighted by atomic mass is 127. The first-order chi connectivity index (χ1) is 15.1. The van der Waals surface area contributed by atoms with Gasteiger partial charge in [-0.15, -0.1) is 35.3 Å². The van der Waals surface area contributed by atoms with Crippen LogP contribution in [-0.4, -0.2) is 64.3 Å². The van der Waals surface area contributed by atoms with Gasteiger partial charge in [-0.3, -0.25) is 14.5 Å². The second-order valence-electron chi connectivity index (χ2n) is 7.33. The van der Waals surface area contributed by atoms with E-state index < -0.39 is 0 Å². The smallest absolute Gasteiger partial charge is 0.246 e. The number of amides is 1. The van der Waals surface area contributed by atoms with Gasteiger partial charge in [0.05, 0.1) is 17.6 Å². The summed E-state index contributed by atoms with van der Waals surface area (Å²) >= 11 is 1.66. The molecule has 0 unspecified atom stereocenters. The van der Waals surface area contributed by atoms with Gasteiger partial charge < -0.3 is 15.1 Å². The first-order valence-corrected chi connectivity index (χ1v) is 11.3. The van der Waals surface area contributed by atoms with Crippen LogP contribution in [0, 0.1) is 0 Å². The molecular formula is C22H28IN7OS. The number of guanidine groups is 1. The molecule has 32 heavy (non-hydrogen) atoms. The topological polar surface area (TPSA) is 78.7 Å². The second kappa shape index (κ2) is 11.4. The number of carbonyl (C=O) groups excluding carboxylic acids is 1. The van der Waals surface area contributed by atoms with Crippen LogP contribution in [0.4, 0.5) is 5.69 Å². The van der Waals surface area contributed by atoms with E-state index in [1.54, 1.807) is 27.1 Å². The van der Waals surface area contributed by atoms with Crippen molar-refractivity contribution < 1.29 is 4.79 Å². The van der Waals surface area contributed by atoms with E-state index in [2.05, 4.69) is 27.9 Å². The molecule has 0 bridgehead atoms. The van der Waals surface area contributed by atoms with Gasteiger partial charge in [0.2, 0.25) is 5.91 Å². The third kappa shape index (κ3) is 5.85. The molecule has 1 N–H and O–H groups in total. The van der Waals surface area contributed by atoms with Gasteiger partial charge in [0.15, 0.2) is 5.96 Å². The second-order valence-corrected chi connectivity index (χ2v) is 8.19. The van der Waals surface area contributed by atoms with E-state index in [0.717, 1.165) is 47.4 Å². The molecule has 0 aliphatic carbocycles. The molecule has 10 heteroatoms. The summed E-state index contributed by atoms with van der Waals surface area (Å²) in [5, 5.41) is 10.6. The Morgan fingerprint density at radius 2 is 2.06 bits per heavy atom. The quantitative estimate of drug-likeness (QED) is 0.283. The van der Waals surface area contributed by atoms with E-state index in [1.807, 2.05) is 43.3 Å². The normalized spacial score (nSPS) is 14.4. The Kier molecular flexibility index (Phi) is 8.62. The molecular weight excluding hydrogens is 537 g/mol. The number of hydrogen-bond donors (Lipinski definition) is 1. The molecule has 8 nitrogen and oxygen atoms in total. The van der Waals surface area contributed by atoms with E-state index in [9.17, 15) is 4.79 Å². The minimum absolute atomic E-state index is 0. The van der Waals surface area contributed by atoms with Gasteiger partial charge in [0.1, 0.15) is 11.6 Å². The minimum atomic E-state index is 0. The molecule has 1 aliphatic rings. The molecule has 1 aliphatic heterocycles. The summed E-state index contributed by atoms with van der Waals surface area (Å²) < 4.78 is 1.71. The number of halogens is 1. The number of rotatable bonds is 6. The van der Waals surface area contributed by atoms with Gasteiger partial charge in [-0.05, 0) is 6.92 Å². The lowest BCUT2D eigenvalue weighted by Gasteiger charge is -2.35. The van der Waals surface area contributed by atoms with E-state index in [4.69, 9.17) is 9.98 Å². The molecule has 4 rings (SSSR count). The Morgan fingerprint density at radius 1 is 1.25 bits per heavy atom. The summed E-state index contributed by atoms with van der Waals surface area (Å²) in [6.45, 7) is 5.05. The average Bonchev–Trinajstić information content (AvgIpc) is 3.43. The van der Waals surface area contributed by atoms with E-state index in [-0.39, 0.29) is 29.9 Å². The Hall–Kier alpha value is -2.47. The molecule has 0 atom stereocenters. The number of anilines is 1. The van der Waals surface area contributed by atoms with Crippen LogP contribution in [0.5, 0.6) is 0 Å². The summed E-state index contributed by atoms with van der Waals surface area (Å²) in [4.78, 5) is 26.0. The molecule has 0 saturated carbocycles. The van der Waals surface area contributed by atoms with Gasteiger partial charge in [0.25, 0.3) is 0 Å². The monoisotopic (exact) mass is 565 g/mol. The molecule has 1 fully saturated rings. The number of aliphatic imine (C=N–C) groups is 1. The number of nitrogens with one attached hydrogen (secondary N) is 1. The zero-order chi connectivity index (χ0) is 21.6. The fraction of sp³-hybridized carbons (Fsp3) is 0.364. The van der Waals surface area contributed by atoms with Crippen molar-refractivity contribution in [3.63, 3.8) is 0 Å². The van der Waals surface area contributed by atoms with Crippen molar-refractivity contribution in [1.29, 1.82) is 0 Å². The largest absolute Gasteiger partial charge is 0.357 e. The van der Waals surface area contributed by atoms with Crippen LogP contribution in [-0.2, 0) is 18.3 Å². The number of hydrogen-bond acceptors (Lipinski definition) is 5. The molecule has 0 radical (unpaired) electrons. The van der Waals surface area contributed by atoms with Gasteiger partial charge >= 0.3 is 0 Å². The minimum Gasteiger partial charge on any atom is -0.357 e. The average molecular weight is 565 g/mol. The van der Waals surface area contributed by atoms with Crippen molar-refractivity contribution in [3.05, 3.63) is 53.8 Å². The Balaban J connectivity index is 0.00000289. The summed E-state index contributed by atoms with van der Waals surface area (Å²) in [6.07, 6.45) is 4.36. The van der Waals surface area contributed by atoms with Crippen molar-refractivity contribution in [2.45, 2.75) is 13.3 Å². The zero-order valence-electron chi connectivity index (χ0n) is 18.3. The number of piperazine rings is 1. The molecule has 3 heterocycles. The van der Waals surface area contributed by atoms with Crippen molar-refractivity contribution >= 4 is 52.9 Å². The first kappa shape index (κ1) is 24.2. The van der Waals surface area contributed by atoms with E-state index in [1.165, 1.54) is 0 Å². The Bertz CT molecular complexity index is 1050. The van der Waals surface area contributed by atoms with Gasteiger partial charge in [-0.2, -0.15) is 5.10 Å². The van der Waals surface area contributed by atoms with Crippen LogP contribution in [0.3, 0.4) is 0 Å². The molecule has 1 saturated heterocycles. The number of aromatic nitrogens is 3. The Labute approximate surface area is 209 Å². The maximum Gasteiger partial charge on any atom is 0.246 e. The zero-order valence-corrected chi connectivity index (χ0v) is 21.4. The fourth-order valence-corrected chi connectivity index (χ4v) is 4.37. The third-order valence-corrected chi connectivity index (χ3v) is 6.00. The molecule has 2 aromatic heterocycles. The van der Waals surface area contributed by atoms with Crippen LogP contribution in [0.15, 0.2) is 53.1 Å². The Morgan fingerprint density at radius 3 is 2.75 bits per heavy atom. The van der Waals surface area contributed by atoms with Crippen molar-refractivity contribution in [1.82, 2.24) is 25.0 Å².